The minimum absolute atomic E-state index is 0.0331. The average Bonchev–Trinajstić information content (AvgIpc) is 2.87. The molecule has 0 heterocycles. The van der Waals surface area contributed by atoms with Crippen molar-refractivity contribution < 1.29 is 45.0 Å². The first-order valence-corrected chi connectivity index (χ1v) is 15.3. The predicted molar refractivity (Wildman–Crippen MR) is 146 cm³/mol. The number of aliphatic hydroxyl groups is 6. The fourth-order valence-corrected chi connectivity index (χ4v) is 8.90. The second kappa shape index (κ2) is 12.6. The monoisotopic (exact) mass is 569 g/mol. The smallest absolute Gasteiger partial charge is 0.305 e. The molecule has 4 aliphatic rings. The van der Waals surface area contributed by atoms with Crippen LogP contribution in [-0.4, -0.2) is 110 Å². The van der Waals surface area contributed by atoms with Gasteiger partial charge < -0.3 is 40.3 Å². The van der Waals surface area contributed by atoms with Gasteiger partial charge in [-0.2, -0.15) is 0 Å². The number of esters is 1. The number of unbranched alkanes of at least 4 members (excludes halogenated alkanes) is 2. The van der Waals surface area contributed by atoms with Gasteiger partial charge in [-0.25, -0.2) is 0 Å². The summed E-state index contributed by atoms with van der Waals surface area (Å²) in [4.78, 5) is 27.2. The van der Waals surface area contributed by atoms with E-state index < -0.39 is 59.8 Å². The number of fused-ring (bicyclic) bond motifs is 3. The van der Waals surface area contributed by atoms with E-state index in [1.807, 2.05) is 14.1 Å². The molecular formula is C30H51NO9. The van der Waals surface area contributed by atoms with E-state index in [1.165, 1.54) is 6.92 Å². The van der Waals surface area contributed by atoms with Crippen LogP contribution in [0.25, 0.3) is 0 Å². The number of carbonyl (C=O) groups excluding carboxylic acids is 2. The normalized spacial score (nSPS) is 45.8. The lowest BCUT2D eigenvalue weighted by Crippen LogP contribution is -2.73. The molecule has 0 radical (unpaired) electrons. The van der Waals surface area contributed by atoms with Crippen LogP contribution in [0.3, 0.4) is 0 Å². The van der Waals surface area contributed by atoms with Gasteiger partial charge in [0.1, 0.15) is 11.4 Å². The van der Waals surface area contributed by atoms with Crippen LogP contribution in [0.1, 0.15) is 71.6 Å². The van der Waals surface area contributed by atoms with Crippen molar-refractivity contribution in [3.63, 3.8) is 0 Å². The van der Waals surface area contributed by atoms with Crippen LogP contribution < -0.4 is 0 Å². The Morgan fingerprint density at radius 2 is 1.75 bits per heavy atom. The molecule has 14 unspecified atom stereocenters. The maximum Gasteiger partial charge on any atom is 0.305 e. The molecular weight excluding hydrogens is 518 g/mol. The van der Waals surface area contributed by atoms with Crippen LogP contribution in [-0.2, 0) is 14.3 Å². The third kappa shape index (κ3) is 5.62. The topological polar surface area (TPSA) is 168 Å². The number of Topliss-reactive ketones (excluding diaryl/α,β-unsaturated/α-hetero) is 1. The molecule has 0 aliphatic heterocycles. The summed E-state index contributed by atoms with van der Waals surface area (Å²) >= 11 is 0. The van der Waals surface area contributed by atoms with E-state index in [2.05, 4.69) is 11.8 Å². The quantitative estimate of drug-likeness (QED) is 0.170. The van der Waals surface area contributed by atoms with Crippen LogP contribution >= 0.6 is 0 Å². The molecule has 0 saturated heterocycles. The highest BCUT2D eigenvalue weighted by Gasteiger charge is 2.67. The fourth-order valence-electron chi connectivity index (χ4n) is 8.90. The molecule has 4 aliphatic carbocycles. The van der Waals surface area contributed by atoms with Crippen molar-refractivity contribution in [2.24, 2.45) is 41.4 Å². The summed E-state index contributed by atoms with van der Waals surface area (Å²) in [5.41, 5.74) is -2.05. The van der Waals surface area contributed by atoms with Crippen molar-refractivity contribution in [3.05, 3.63) is 0 Å². The van der Waals surface area contributed by atoms with Crippen molar-refractivity contribution in [2.45, 2.75) is 114 Å². The number of ketones is 1. The summed E-state index contributed by atoms with van der Waals surface area (Å²) in [7, 11) is 3.94. The second-order valence-corrected chi connectivity index (χ2v) is 13.4. The average molecular weight is 570 g/mol. The van der Waals surface area contributed by atoms with Crippen molar-refractivity contribution >= 4 is 11.8 Å². The van der Waals surface area contributed by atoms with E-state index in [0.717, 1.165) is 19.3 Å². The highest BCUT2D eigenvalue weighted by molar-refractivity contribution is 5.84. The maximum atomic E-state index is 12.8. The molecule has 4 saturated carbocycles. The summed E-state index contributed by atoms with van der Waals surface area (Å²) in [6, 6.07) is 0.0331. The molecule has 0 aromatic heterocycles. The Kier molecular flexibility index (Phi) is 10.0. The first-order chi connectivity index (χ1) is 18.8. The Morgan fingerprint density at radius 3 is 2.38 bits per heavy atom. The summed E-state index contributed by atoms with van der Waals surface area (Å²) in [5, 5.41) is 67.9. The van der Waals surface area contributed by atoms with Crippen molar-refractivity contribution in [1.82, 2.24) is 4.90 Å². The number of carbonyl (C=O) groups is 2. The standard InChI is InChI=1S/C30H51NO9/c1-5-6-7-10-40-22(34)9-8-16-13-20(31(3)4)19-12-17-11-18-14-21(33)23(15(2)32)28(37)30(18,39)29(38)24(17)27(36)25(19)26(16)35/h15-20,23-29,32,35-39H,5-14H2,1-4H3. The van der Waals surface area contributed by atoms with Gasteiger partial charge in [0.05, 0.1) is 43.0 Å². The molecule has 0 bridgehead atoms. The number of hydrogen-bond donors (Lipinski definition) is 6. The number of hydrogen-bond acceptors (Lipinski definition) is 10. The molecule has 230 valence electrons. The minimum Gasteiger partial charge on any atom is -0.466 e. The van der Waals surface area contributed by atoms with Crippen LogP contribution in [0.2, 0.25) is 0 Å². The van der Waals surface area contributed by atoms with Gasteiger partial charge in [-0.15, -0.1) is 0 Å². The molecule has 4 fully saturated rings. The molecule has 4 rings (SSSR count). The van der Waals surface area contributed by atoms with Gasteiger partial charge in [-0.1, -0.05) is 19.8 Å². The van der Waals surface area contributed by atoms with Crippen LogP contribution in [0.4, 0.5) is 0 Å². The Hall–Kier alpha value is -1.14. The van der Waals surface area contributed by atoms with E-state index in [0.29, 0.717) is 32.3 Å². The Bertz CT molecular complexity index is 898. The van der Waals surface area contributed by atoms with Gasteiger partial charge in [0.15, 0.2) is 0 Å². The van der Waals surface area contributed by atoms with E-state index in [9.17, 15) is 40.2 Å². The number of rotatable bonds is 9. The van der Waals surface area contributed by atoms with E-state index in [4.69, 9.17) is 4.74 Å². The maximum absolute atomic E-state index is 12.8. The Balaban J connectivity index is 1.54. The Labute approximate surface area is 237 Å². The second-order valence-electron chi connectivity index (χ2n) is 13.4. The lowest BCUT2D eigenvalue weighted by molar-refractivity contribution is -0.278. The predicted octanol–water partition coefficient (Wildman–Crippen LogP) is 0.483. The number of ether oxygens (including phenoxy) is 1. The van der Waals surface area contributed by atoms with Crippen LogP contribution in [0.15, 0.2) is 0 Å². The highest BCUT2D eigenvalue weighted by atomic mass is 16.5. The molecule has 6 N–H and O–H groups in total. The van der Waals surface area contributed by atoms with Gasteiger partial charge >= 0.3 is 5.97 Å². The summed E-state index contributed by atoms with van der Waals surface area (Å²) < 4.78 is 5.35. The van der Waals surface area contributed by atoms with Crippen LogP contribution in [0, 0.1) is 41.4 Å². The first kappa shape index (κ1) is 31.8. The first-order valence-electron chi connectivity index (χ1n) is 15.3. The zero-order chi connectivity index (χ0) is 29.5. The van der Waals surface area contributed by atoms with Gasteiger partial charge in [0.2, 0.25) is 0 Å². The molecule has 40 heavy (non-hydrogen) atoms. The number of aliphatic hydroxyl groups excluding tert-OH is 5. The SMILES string of the molecule is CCCCCOC(=O)CCC1CC(N(C)C)C2CC3CC4CC(=O)C(C(C)O)C(O)C4(O)C(O)C3C(O)C2C1O. The van der Waals surface area contributed by atoms with Gasteiger partial charge in [0.25, 0.3) is 0 Å². The Morgan fingerprint density at radius 1 is 1.05 bits per heavy atom. The van der Waals surface area contributed by atoms with E-state index in [1.54, 1.807) is 0 Å². The molecule has 0 aromatic carbocycles. The summed E-state index contributed by atoms with van der Waals surface area (Å²) in [6.07, 6.45) is -1.42. The van der Waals surface area contributed by atoms with Gasteiger partial charge in [0, 0.05) is 30.7 Å². The molecule has 10 heteroatoms. The minimum atomic E-state index is -2.05. The van der Waals surface area contributed by atoms with Crippen molar-refractivity contribution in [3.8, 4) is 0 Å². The fraction of sp³-hybridized carbons (Fsp3) is 0.933. The van der Waals surface area contributed by atoms with Gasteiger partial charge in [-0.3, -0.25) is 9.59 Å². The van der Waals surface area contributed by atoms with Gasteiger partial charge in [-0.05, 0) is 76.8 Å². The van der Waals surface area contributed by atoms with Crippen molar-refractivity contribution in [1.29, 1.82) is 0 Å². The third-order valence-corrected chi connectivity index (χ3v) is 10.9. The lowest BCUT2D eigenvalue weighted by atomic mass is 9.48. The van der Waals surface area contributed by atoms with Crippen LogP contribution in [0.5, 0.6) is 0 Å². The summed E-state index contributed by atoms with van der Waals surface area (Å²) in [5.74, 6) is -4.45. The highest BCUT2D eigenvalue weighted by Crippen LogP contribution is 2.58. The lowest BCUT2D eigenvalue weighted by Gasteiger charge is -2.62. The molecule has 0 amide bonds. The molecule has 0 spiro atoms. The number of nitrogens with zero attached hydrogens (tertiary/aromatic N) is 1. The third-order valence-electron chi connectivity index (χ3n) is 10.9. The largest absolute Gasteiger partial charge is 0.466 e. The zero-order valence-corrected chi connectivity index (χ0v) is 24.4. The summed E-state index contributed by atoms with van der Waals surface area (Å²) in [6.45, 7) is 3.86. The van der Waals surface area contributed by atoms with E-state index >= 15 is 0 Å². The van der Waals surface area contributed by atoms with E-state index in [-0.39, 0.29) is 48.4 Å². The molecule has 14 atom stereocenters. The molecule has 10 nitrogen and oxygen atoms in total. The molecule has 0 aromatic rings. The zero-order valence-electron chi connectivity index (χ0n) is 24.4. The van der Waals surface area contributed by atoms with Crippen molar-refractivity contribution in [2.75, 3.05) is 20.7 Å².